The molecular weight excluding hydrogens is 298 g/mol. The maximum Gasteiger partial charge on any atom is 0.151 e. The van der Waals surface area contributed by atoms with Crippen molar-refractivity contribution in [3.63, 3.8) is 0 Å². The lowest BCUT2D eigenvalue weighted by molar-refractivity contribution is 0.0346. The van der Waals surface area contributed by atoms with E-state index in [1.807, 2.05) is 18.2 Å². The molecule has 1 saturated carbocycles. The Bertz CT molecular complexity index is 643. The molecule has 5 heteroatoms. The molecule has 22 heavy (non-hydrogen) atoms. The standard InChI is InChI=1S/C17H25NO3S/c1-22(20,21)16-9-5-4-8-15(16)18-12-17(19)11-10-13-6-2-3-7-14(13)17/h2-3,6-7,15-16,18-19H,4-5,8-12H2,1H3. The van der Waals surface area contributed by atoms with Crippen molar-refractivity contribution in [2.75, 3.05) is 12.8 Å². The molecule has 0 bridgehead atoms. The van der Waals surface area contributed by atoms with Gasteiger partial charge in [-0.2, -0.15) is 0 Å². The molecule has 1 aromatic rings. The van der Waals surface area contributed by atoms with Crippen molar-refractivity contribution in [3.05, 3.63) is 35.4 Å². The van der Waals surface area contributed by atoms with Gasteiger partial charge in [-0.05, 0) is 36.8 Å². The zero-order valence-corrected chi connectivity index (χ0v) is 13.9. The van der Waals surface area contributed by atoms with Crippen LogP contribution in [0.15, 0.2) is 24.3 Å². The number of rotatable bonds is 4. The minimum Gasteiger partial charge on any atom is -0.384 e. The van der Waals surface area contributed by atoms with Gasteiger partial charge < -0.3 is 10.4 Å². The summed E-state index contributed by atoms with van der Waals surface area (Å²) in [5.41, 5.74) is 1.33. The van der Waals surface area contributed by atoms with Crippen molar-refractivity contribution < 1.29 is 13.5 Å². The topological polar surface area (TPSA) is 66.4 Å². The molecule has 0 aromatic heterocycles. The Labute approximate surface area is 132 Å². The summed E-state index contributed by atoms with van der Waals surface area (Å²) in [5, 5.41) is 14.0. The lowest BCUT2D eigenvalue weighted by atomic mass is 9.92. The number of aryl methyl sites for hydroxylation is 1. The van der Waals surface area contributed by atoms with E-state index in [9.17, 15) is 13.5 Å². The molecule has 3 rings (SSSR count). The molecule has 1 aromatic carbocycles. The molecule has 2 aliphatic rings. The van der Waals surface area contributed by atoms with Crippen LogP contribution in [0.2, 0.25) is 0 Å². The van der Waals surface area contributed by atoms with Gasteiger partial charge in [0.05, 0.1) is 5.25 Å². The highest BCUT2D eigenvalue weighted by Crippen LogP contribution is 2.36. The van der Waals surface area contributed by atoms with Crippen LogP contribution in [-0.4, -0.2) is 37.6 Å². The maximum absolute atomic E-state index is 12.0. The summed E-state index contributed by atoms with van der Waals surface area (Å²) < 4.78 is 23.9. The predicted molar refractivity (Wildman–Crippen MR) is 87.6 cm³/mol. The van der Waals surface area contributed by atoms with Crippen molar-refractivity contribution in [2.45, 2.75) is 55.4 Å². The Morgan fingerprint density at radius 2 is 2.00 bits per heavy atom. The molecular formula is C17H25NO3S. The number of benzene rings is 1. The van der Waals surface area contributed by atoms with E-state index >= 15 is 0 Å². The minimum absolute atomic E-state index is 0.0412. The lowest BCUT2D eigenvalue weighted by Gasteiger charge is -2.34. The number of hydrogen-bond donors (Lipinski definition) is 2. The summed E-state index contributed by atoms with van der Waals surface area (Å²) in [5.74, 6) is 0. The monoisotopic (exact) mass is 323 g/mol. The fourth-order valence-electron chi connectivity index (χ4n) is 3.99. The van der Waals surface area contributed by atoms with Crippen molar-refractivity contribution in [2.24, 2.45) is 0 Å². The summed E-state index contributed by atoms with van der Waals surface area (Å²) in [6.45, 7) is 0.431. The van der Waals surface area contributed by atoms with Crippen LogP contribution in [0, 0.1) is 0 Å². The normalized spacial score (nSPS) is 31.9. The molecule has 0 aliphatic heterocycles. The van der Waals surface area contributed by atoms with Gasteiger partial charge in [0, 0.05) is 18.8 Å². The number of aliphatic hydroxyl groups is 1. The van der Waals surface area contributed by atoms with E-state index in [1.165, 1.54) is 11.8 Å². The minimum atomic E-state index is -3.05. The first-order chi connectivity index (χ1) is 10.4. The fraction of sp³-hybridized carbons (Fsp3) is 0.647. The predicted octanol–water partition coefficient (Wildman–Crippen LogP) is 1.77. The fourth-order valence-corrected chi connectivity index (χ4v) is 5.42. The van der Waals surface area contributed by atoms with Crippen molar-refractivity contribution in [1.29, 1.82) is 0 Å². The molecule has 0 amide bonds. The second-order valence-corrected chi connectivity index (χ2v) is 9.09. The molecule has 4 nitrogen and oxygen atoms in total. The molecule has 0 saturated heterocycles. The Hall–Kier alpha value is -0.910. The zero-order valence-electron chi connectivity index (χ0n) is 13.1. The van der Waals surface area contributed by atoms with Crippen molar-refractivity contribution >= 4 is 9.84 Å². The quantitative estimate of drug-likeness (QED) is 0.886. The van der Waals surface area contributed by atoms with Crippen LogP contribution in [0.1, 0.15) is 43.2 Å². The summed E-state index contributed by atoms with van der Waals surface area (Å²) in [6.07, 6.45) is 6.55. The average molecular weight is 323 g/mol. The van der Waals surface area contributed by atoms with E-state index in [-0.39, 0.29) is 11.3 Å². The average Bonchev–Trinajstić information content (AvgIpc) is 2.83. The van der Waals surface area contributed by atoms with Gasteiger partial charge in [-0.25, -0.2) is 8.42 Å². The molecule has 0 radical (unpaired) electrons. The highest BCUT2D eigenvalue weighted by atomic mass is 32.2. The Balaban J connectivity index is 1.72. The van der Waals surface area contributed by atoms with E-state index in [4.69, 9.17) is 0 Å². The van der Waals surface area contributed by atoms with E-state index < -0.39 is 15.4 Å². The van der Waals surface area contributed by atoms with Crippen LogP contribution in [0.25, 0.3) is 0 Å². The second-order valence-electron chi connectivity index (χ2n) is 6.83. The largest absolute Gasteiger partial charge is 0.384 e. The third-order valence-electron chi connectivity index (χ3n) is 5.24. The summed E-state index contributed by atoms with van der Waals surface area (Å²) in [6, 6.07) is 7.96. The molecule has 2 N–H and O–H groups in total. The van der Waals surface area contributed by atoms with Gasteiger partial charge in [0.25, 0.3) is 0 Å². The second kappa shape index (κ2) is 5.95. The molecule has 1 fully saturated rings. The van der Waals surface area contributed by atoms with Gasteiger partial charge in [-0.15, -0.1) is 0 Å². The van der Waals surface area contributed by atoms with Gasteiger partial charge >= 0.3 is 0 Å². The number of nitrogens with one attached hydrogen (secondary N) is 1. The van der Waals surface area contributed by atoms with Crippen LogP contribution in [0.5, 0.6) is 0 Å². The first kappa shape index (κ1) is 16.0. The maximum atomic E-state index is 12.0. The van der Waals surface area contributed by atoms with Crippen LogP contribution in [0.3, 0.4) is 0 Å². The molecule has 2 aliphatic carbocycles. The van der Waals surface area contributed by atoms with Gasteiger partial charge in [0.15, 0.2) is 9.84 Å². The van der Waals surface area contributed by atoms with Crippen LogP contribution in [0.4, 0.5) is 0 Å². The van der Waals surface area contributed by atoms with Crippen molar-refractivity contribution in [3.8, 4) is 0 Å². The van der Waals surface area contributed by atoms with Gasteiger partial charge in [0.2, 0.25) is 0 Å². The summed E-state index contributed by atoms with van der Waals surface area (Å²) in [7, 11) is -3.05. The summed E-state index contributed by atoms with van der Waals surface area (Å²) >= 11 is 0. The summed E-state index contributed by atoms with van der Waals surface area (Å²) in [4.78, 5) is 0. The van der Waals surface area contributed by atoms with E-state index in [2.05, 4.69) is 11.4 Å². The van der Waals surface area contributed by atoms with Gasteiger partial charge in [0.1, 0.15) is 5.60 Å². The van der Waals surface area contributed by atoms with Gasteiger partial charge in [-0.1, -0.05) is 37.1 Å². The zero-order chi connectivity index (χ0) is 15.8. The van der Waals surface area contributed by atoms with Crippen LogP contribution >= 0.6 is 0 Å². The molecule has 0 heterocycles. The smallest absolute Gasteiger partial charge is 0.151 e. The van der Waals surface area contributed by atoms with Gasteiger partial charge in [-0.3, -0.25) is 0 Å². The molecule has 3 atom stereocenters. The number of hydrogen-bond acceptors (Lipinski definition) is 4. The van der Waals surface area contributed by atoms with E-state index in [1.54, 1.807) is 0 Å². The SMILES string of the molecule is CS(=O)(=O)C1CCCCC1NCC1(O)CCc2ccccc21. The highest BCUT2D eigenvalue weighted by Gasteiger charge is 2.39. The number of sulfone groups is 1. The van der Waals surface area contributed by atoms with Crippen molar-refractivity contribution in [1.82, 2.24) is 5.32 Å². The van der Waals surface area contributed by atoms with Crippen LogP contribution in [-0.2, 0) is 21.9 Å². The molecule has 3 unspecified atom stereocenters. The Kier molecular flexibility index (Phi) is 4.32. The molecule has 0 spiro atoms. The first-order valence-corrected chi connectivity index (χ1v) is 10.1. The first-order valence-electron chi connectivity index (χ1n) is 8.13. The third-order valence-corrected chi connectivity index (χ3v) is 6.90. The van der Waals surface area contributed by atoms with Crippen LogP contribution < -0.4 is 5.32 Å². The van der Waals surface area contributed by atoms with E-state index in [0.717, 1.165) is 37.7 Å². The lowest BCUT2D eigenvalue weighted by Crippen LogP contribution is -2.50. The Morgan fingerprint density at radius 3 is 2.77 bits per heavy atom. The Morgan fingerprint density at radius 1 is 1.27 bits per heavy atom. The molecule has 122 valence electrons. The third kappa shape index (κ3) is 3.07. The highest BCUT2D eigenvalue weighted by molar-refractivity contribution is 7.91. The number of fused-ring (bicyclic) bond motifs is 1. The van der Waals surface area contributed by atoms with E-state index in [0.29, 0.717) is 13.0 Å².